The average Bonchev–Trinajstić information content (AvgIpc) is 2.43. The van der Waals surface area contributed by atoms with Gasteiger partial charge in [-0.1, -0.05) is 6.07 Å². The molecule has 1 aromatic carbocycles. The molecule has 0 unspecified atom stereocenters. The van der Waals surface area contributed by atoms with Crippen molar-refractivity contribution in [2.45, 2.75) is 25.3 Å². The summed E-state index contributed by atoms with van der Waals surface area (Å²) in [6, 6.07) is 5.06. The van der Waals surface area contributed by atoms with Crippen molar-refractivity contribution in [3.63, 3.8) is 0 Å². The molecule has 1 aromatic rings. The van der Waals surface area contributed by atoms with E-state index >= 15 is 0 Å². The van der Waals surface area contributed by atoms with E-state index in [1.807, 2.05) is 11.9 Å². The van der Waals surface area contributed by atoms with Crippen molar-refractivity contribution in [1.29, 1.82) is 0 Å². The quantitative estimate of drug-likeness (QED) is 0.843. The van der Waals surface area contributed by atoms with Crippen molar-refractivity contribution in [2.24, 2.45) is 0 Å². The fraction of sp³-hybridized carbons (Fsp3) is 0.533. The zero-order chi connectivity index (χ0) is 14.7. The Morgan fingerprint density at radius 3 is 2.70 bits per heavy atom. The van der Waals surface area contributed by atoms with Crippen LogP contribution >= 0.6 is 15.9 Å². The van der Waals surface area contributed by atoms with Gasteiger partial charge in [0.25, 0.3) is 0 Å². The molecular formula is C15H20BrFN2O. The van der Waals surface area contributed by atoms with Gasteiger partial charge in [0.1, 0.15) is 5.82 Å². The van der Waals surface area contributed by atoms with E-state index in [4.69, 9.17) is 0 Å². The monoisotopic (exact) mass is 342 g/mol. The Balaban J connectivity index is 1.95. The first-order chi connectivity index (χ1) is 9.47. The Kier molecular flexibility index (Phi) is 5.16. The molecule has 1 amide bonds. The van der Waals surface area contributed by atoms with Gasteiger partial charge in [-0.2, -0.15) is 0 Å². The van der Waals surface area contributed by atoms with Crippen LogP contribution in [0, 0.1) is 5.82 Å². The predicted molar refractivity (Wildman–Crippen MR) is 81.1 cm³/mol. The largest absolute Gasteiger partial charge is 0.342 e. The number of nitrogens with zero attached hydrogens (tertiary/aromatic N) is 2. The zero-order valence-electron chi connectivity index (χ0n) is 11.9. The van der Waals surface area contributed by atoms with Gasteiger partial charge in [0, 0.05) is 13.1 Å². The van der Waals surface area contributed by atoms with E-state index in [0.717, 1.165) is 31.5 Å². The van der Waals surface area contributed by atoms with Crippen LogP contribution in [-0.4, -0.2) is 48.9 Å². The molecule has 1 heterocycles. The smallest absolute Gasteiger partial charge is 0.226 e. The van der Waals surface area contributed by atoms with Crippen LogP contribution in [0.4, 0.5) is 4.39 Å². The normalized spacial score (nSPS) is 17.2. The Bertz CT molecular complexity index is 487. The standard InChI is InChI=1S/C15H20BrFN2O/c1-18-7-5-12(6-8-18)19(2)15(20)10-11-3-4-14(17)13(16)9-11/h3-4,9,12H,5-8,10H2,1-2H3. The number of hydrogen-bond donors (Lipinski definition) is 0. The third-order valence-electron chi connectivity index (χ3n) is 3.97. The number of carbonyl (C=O) groups excluding carboxylic acids is 1. The molecule has 0 atom stereocenters. The summed E-state index contributed by atoms with van der Waals surface area (Å²) in [6.07, 6.45) is 2.36. The number of piperidine rings is 1. The van der Waals surface area contributed by atoms with E-state index in [2.05, 4.69) is 27.9 Å². The van der Waals surface area contributed by atoms with Crippen molar-refractivity contribution in [3.05, 3.63) is 34.1 Å². The molecule has 0 spiro atoms. The van der Waals surface area contributed by atoms with Gasteiger partial charge in [-0.3, -0.25) is 4.79 Å². The Labute approximate surface area is 127 Å². The number of halogens is 2. The molecule has 0 N–H and O–H groups in total. The number of rotatable bonds is 3. The maximum absolute atomic E-state index is 13.2. The van der Waals surface area contributed by atoms with E-state index in [1.165, 1.54) is 6.07 Å². The Morgan fingerprint density at radius 2 is 2.10 bits per heavy atom. The first-order valence-corrected chi connectivity index (χ1v) is 7.65. The van der Waals surface area contributed by atoms with Gasteiger partial charge < -0.3 is 9.80 Å². The molecule has 5 heteroatoms. The molecule has 0 aliphatic carbocycles. The number of carbonyl (C=O) groups is 1. The molecule has 20 heavy (non-hydrogen) atoms. The molecular weight excluding hydrogens is 323 g/mol. The van der Waals surface area contributed by atoms with Crippen LogP contribution in [0.2, 0.25) is 0 Å². The highest BCUT2D eigenvalue weighted by Crippen LogP contribution is 2.19. The van der Waals surface area contributed by atoms with Gasteiger partial charge in [0.15, 0.2) is 0 Å². The molecule has 110 valence electrons. The van der Waals surface area contributed by atoms with Gasteiger partial charge in [-0.05, 0) is 66.6 Å². The van der Waals surface area contributed by atoms with Crippen LogP contribution in [0.25, 0.3) is 0 Å². The average molecular weight is 343 g/mol. The van der Waals surface area contributed by atoms with Crippen LogP contribution in [0.3, 0.4) is 0 Å². The summed E-state index contributed by atoms with van der Waals surface area (Å²) in [5.41, 5.74) is 0.836. The second kappa shape index (κ2) is 6.68. The van der Waals surface area contributed by atoms with Gasteiger partial charge in [0.2, 0.25) is 5.91 Å². The summed E-state index contributed by atoms with van der Waals surface area (Å²) in [5, 5.41) is 0. The second-order valence-corrected chi connectivity index (χ2v) is 6.32. The summed E-state index contributed by atoms with van der Waals surface area (Å²) in [6.45, 7) is 2.06. The molecule has 1 aliphatic rings. The van der Waals surface area contributed by atoms with Crippen molar-refractivity contribution < 1.29 is 9.18 Å². The molecule has 2 rings (SSSR count). The lowest BCUT2D eigenvalue weighted by molar-refractivity contribution is -0.132. The fourth-order valence-corrected chi connectivity index (χ4v) is 2.96. The number of hydrogen-bond acceptors (Lipinski definition) is 2. The van der Waals surface area contributed by atoms with Crippen molar-refractivity contribution in [1.82, 2.24) is 9.80 Å². The maximum Gasteiger partial charge on any atom is 0.226 e. The zero-order valence-corrected chi connectivity index (χ0v) is 13.5. The van der Waals surface area contributed by atoms with E-state index < -0.39 is 0 Å². The maximum atomic E-state index is 13.2. The second-order valence-electron chi connectivity index (χ2n) is 5.46. The van der Waals surface area contributed by atoms with Crippen LogP contribution < -0.4 is 0 Å². The third kappa shape index (κ3) is 3.79. The minimum absolute atomic E-state index is 0.0954. The number of benzene rings is 1. The van der Waals surface area contributed by atoms with E-state index in [9.17, 15) is 9.18 Å². The van der Waals surface area contributed by atoms with Crippen LogP contribution in [0.15, 0.2) is 22.7 Å². The highest BCUT2D eigenvalue weighted by Gasteiger charge is 2.23. The van der Waals surface area contributed by atoms with Gasteiger partial charge >= 0.3 is 0 Å². The Morgan fingerprint density at radius 1 is 1.45 bits per heavy atom. The molecule has 1 aliphatic heterocycles. The van der Waals surface area contributed by atoms with E-state index in [1.54, 1.807) is 12.1 Å². The lowest BCUT2D eigenvalue weighted by Crippen LogP contribution is -2.44. The number of amides is 1. The summed E-state index contributed by atoms with van der Waals surface area (Å²) in [4.78, 5) is 16.4. The van der Waals surface area contributed by atoms with Crippen LogP contribution in [0.1, 0.15) is 18.4 Å². The van der Waals surface area contributed by atoms with Gasteiger partial charge in [-0.15, -0.1) is 0 Å². The first kappa shape index (κ1) is 15.4. The van der Waals surface area contributed by atoms with Crippen molar-refractivity contribution in [3.8, 4) is 0 Å². The van der Waals surface area contributed by atoms with Gasteiger partial charge in [-0.25, -0.2) is 4.39 Å². The molecule has 1 fully saturated rings. The first-order valence-electron chi connectivity index (χ1n) is 6.85. The molecule has 0 aromatic heterocycles. The van der Waals surface area contributed by atoms with Crippen molar-refractivity contribution >= 4 is 21.8 Å². The minimum Gasteiger partial charge on any atom is -0.342 e. The summed E-state index contributed by atoms with van der Waals surface area (Å²) in [7, 11) is 3.98. The molecule has 3 nitrogen and oxygen atoms in total. The number of likely N-dealkylation sites (tertiary alicyclic amines) is 1. The summed E-state index contributed by atoms with van der Waals surface area (Å²) >= 11 is 3.15. The fourth-order valence-electron chi connectivity index (χ4n) is 2.53. The predicted octanol–water partition coefficient (Wildman–Crippen LogP) is 2.68. The van der Waals surface area contributed by atoms with Gasteiger partial charge in [0.05, 0.1) is 10.9 Å². The third-order valence-corrected chi connectivity index (χ3v) is 4.58. The number of likely N-dealkylation sites (N-methyl/N-ethyl adjacent to an activating group) is 1. The minimum atomic E-state index is -0.301. The lowest BCUT2D eigenvalue weighted by atomic mass is 10.0. The lowest BCUT2D eigenvalue weighted by Gasteiger charge is -2.35. The molecule has 1 saturated heterocycles. The SMILES string of the molecule is CN1CCC(N(C)C(=O)Cc2ccc(F)c(Br)c2)CC1. The van der Waals surface area contributed by atoms with Crippen LogP contribution in [-0.2, 0) is 11.2 Å². The summed E-state index contributed by atoms with van der Waals surface area (Å²) < 4.78 is 13.6. The molecule has 0 radical (unpaired) electrons. The topological polar surface area (TPSA) is 23.6 Å². The molecule has 0 bridgehead atoms. The highest BCUT2D eigenvalue weighted by molar-refractivity contribution is 9.10. The van der Waals surface area contributed by atoms with Crippen LogP contribution in [0.5, 0.6) is 0 Å². The summed E-state index contributed by atoms with van der Waals surface area (Å²) in [5.74, 6) is -0.206. The highest BCUT2D eigenvalue weighted by atomic mass is 79.9. The van der Waals surface area contributed by atoms with E-state index in [0.29, 0.717) is 16.9 Å². The van der Waals surface area contributed by atoms with E-state index in [-0.39, 0.29) is 11.7 Å². The molecule has 0 saturated carbocycles. The Hall–Kier alpha value is -0.940. The van der Waals surface area contributed by atoms with Crippen molar-refractivity contribution in [2.75, 3.05) is 27.2 Å².